The third-order valence-electron chi connectivity index (χ3n) is 5.12. The minimum Gasteiger partial charge on any atom is -0.480 e. The van der Waals surface area contributed by atoms with Crippen LogP contribution in [0.15, 0.2) is 18.2 Å². The summed E-state index contributed by atoms with van der Waals surface area (Å²) in [5.41, 5.74) is 0.0489. The van der Waals surface area contributed by atoms with Gasteiger partial charge in [-0.05, 0) is 37.0 Å². The van der Waals surface area contributed by atoms with Gasteiger partial charge in [0.1, 0.15) is 17.7 Å². The summed E-state index contributed by atoms with van der Waals surface area (Å²) >= 11 is 0. The van der Waals surface area contributed by atoms with E-state index in [4.69, 9.17) is 0 Å². The summed E-state index contributed by atoms with van der Waals surface area (Å²) in [5, 5.41) is 11.8. The van der Waals surface area contributed by atoms with Gasteiger partial charge >= 0.3 is 5.97 Å². The van der Waals surface area contributed by atoms with Gasteiger partial charge in [-0.3, -0.25) is 9.59 Å². The lowest BCUT2D eigenvalue weighted by atomic mass is 10.1. The number of hydrogen-bond donors (Lipinski definition) is 2. The van der Waals surface area contributed by atoms with E-state index in [1.54, 1.807) is 0 Å². The van der Waals surface area contributed by atoms with E-state index in [9.17, 15) is 28.3 Å². The van der Waals surface area contributed by atoms with Crippen molar-refractivity contribution in [2.24, 2.45) is 5.92 Å². The van der Waals surface area contributed by atoms with Crippen molar-refractivity contribution in [2.45, 2.75) is 57.2 Å². The standard InChI is InChI=1S/C19H22F2N2O4/c20-13-3-5-15(21)12(8-13)10-23-14(4-6-18(23)25)9-17(24)22-16(19(26)27)7-11-1-2-11/h3,5,8,11,14,16H,1-2,4,6-7,9-10H2,(H,22,24)(H,26,27)/t14-,16-/m0/s1. The van der Waals surface area contributed by atoms with Crippen LogP contribution in [-0.2, 0) is 20.9 Å². The normalized spacial score (nSPS) is 20.6. The van der Waals surface area contributed by atoms with Crippen molar-refractivity contribution in [3.63, 3.8) is 0 Å². The van der Waals surface area contributed by atoms with Crippen LogP contribution < -0.4 is 5.32 Å². The molecule has 27 heavy (non-hydrogen) atoms. The van der Waals surface area contributed by atoms with Crippen molar-refractivity contribution in [1.82, 2.24) is 10.2 Å². The average Bonchev–Trinajstić information content (AvgIpc) is 3.36. The van der Waals surface area contributed by atoms with Gasteiger partial charge in [-0.1, -0.05) is 12.8 Å². The summed E-state index contributed by atoms with van der Waals surface area (Å²) in [6, 6.07) is 1.64. The van der Waals surface area contributed by atoms with Crippen LogP contribution in [-0.4, -0.2) is 39.9 Å². The van der Waals surface area contributed by atoms with Gasteiger partial charge in [0, 0.05) is 31.0 Å². The number of amides is 2. The van der Waals surface area contributed by atoms with Crippen molar-refractivity contribution in [1.29, 1.82) is 0 Å². The molecule has 0 bridgehead atoms. The summed E-state index contributed by atoms with van der Waals surface area (Å²) < 4.78 is 27.2. The molecule has 146 valence electrons. The van der Waals surface area contributed by atoms with Crippen molar-refractivity contribution < 1.29 is 28.3 Å². The van der Waals surface area contributed by atoms with Gasteiger partial charge in [0.2, 0.25) is 11.8 Å². The van der Waals surface area contributed by atoms with E-state index >= 15 is 0 Å². The molecule has 1 saturated heterocycles. The molecule has 0 aromatic heterocycles. The predicted molar refractivity (Wildman–Crippen MR) is 91.5 cm³/mol. The molecule has 3 rings (SSSR count). The van der Waals surface area contributed by atoms with Crippen molar-refractivity contribution in [3.8, 4) is 0 Å². The fraction of sp³-hybridized carbons (Fsp3) is 0.526. The number of benzene rings is 1. The zero-order valence-corrected chi connectivity index (χ0v) is 14.8. The van der Waals surface area contributed by atoms with Crippen LogP contribution in [0.5, 0.6) is 0 Å². The summed E-state index contributed by atoms with van der Waals surface area (Å²) in [5.74, 6) is -2.63. The summed E-state index contributed by atoms with van der Waals surface area (Å²) in [6.45, 7) is -0.120. The van der Waals surface area contributed by atoms with E-state index in [2.05, 4.69) is 5.32 Å². The van der Waals surface area contributed by atoms with Crippen molar-refractivity contribution >= 4 is 17.8 Å². The Morgan fingerprint density at radius 3 is 2.67 bits per heavy atom. The maximum absolute atomic E-state index is 13.9. The van der Waals surface area contributed by atoms with Gasteiger partial charge in [0.25, 0.3) is 0 Å². The third-order valence-corrected chi connectivity index (χ3v) is 5.12. The Hall–Kier alpha value is -2.51. The van der Waals surface area contributed by atoms with Gasteiger partial charge in [-0.2, -0.15) is 0 Å². The molecule has 2 aliphatic rings. The second-order valence-corrected chi connectivity index (χ2v) is 7.29. The first-order valence-electron chi connectivity index (χ1n) is 9.09. The van der Waals surface area contributed by atoms with Gasteiger partial charge in [0.05, 0.1) is 0 Å². The largest absolute Gasteiger partial charge is 0.480 e. The average molecular weight is 380 g/mol. The highest BCUT2D eigenvalue weighted by Crippen LogP contribution is 2.33. The second-order valence-electron chi connectivity index (χ2n) is 7.29. The minimum absolute atomic E-state index is 0.0489. The molecule has 1 aliphatic heterocycles. The summed E-state index contributed by atoms with van der Waals surface area (Å²) in [6.07, 6.45) is 2.94. The van der Waals surface area contributed by atoms with Crippen LogP contribution in [0.2, 0.25) is 0 Å². The Labute approximate surface area is 155 Å². The summed E-state index contributed by atoms with van der Waals surface area (Å²) in [7, 11) is 0. The quantitative estimate of drug-likeness (QED) is 0.724. The molecule has 1 aliphatic carbocycles. The van der Waals surface area contributed by atoms with Gasteiger partial charge < -0.3 is 15.3 Å². The first-order valence-corrected chi connectivity index (χ1v) is 9.09. The number of nitrogens with zero attached hydrogens (tertiary/aromatic N) is 1. The Morgan fingerprint density at radius 1 is 1.26 bits per heavy atom. The first kappa shape index (κ1) is 19.3. The number of halogens is 2. The lowest BCUT2D eigenvalue weighted by Crippen LogP contribution is -2.44. The van der Waals surface area contributed by atoms with E-state index in [0.29, 0.717) is 18.8 Å². The number of carboxylic acid groups (broad SMARTS) is 1. The third kappa shape index (κ3) is 5.02. The van der Waals surface area contributed by atoms with Gasteiger partial charge in [-0.25, -0.2) is 13.6 Å². The second kappa shape index (κ2) is 8.02. The highest BCUT2D eigenvalue weighted by molar-refractivity contribution is 5.85. The molecule has 1 aromatic rings. The molecule has 2 amide bonds. The molecule has 1 heterocycles. The molecular formula is C19H22F2N2O4. The Balaban J connectivity index is 1.62. The fourth-order valence-corrected chi connectivity index (χ4v) is 3.45. The molecule has 2 atom stereocenters. The van der Waals surface area contributed by atoms with Crippen LogP contribution in [0.3, 0.4) is 0 Å². The maximum atomic E-state index is 13.9. The Morgan fingerprint density at radius 2 is 2.00 bits per heavy atom. The van der Waals surface area contributed by atoms with Crippen molar-refractivity contribution in [3.05, 3.63) is 35.4 Å². The monoisotopic (exact) mass is 380 g/mol. The Kier molecular flexibility index (Phi) is 5.72. The van der Waals surface area contributed by atoms with Crippen LogP contribution in [0, 0.1) is 17.6 Å². The van der Waals surface area contributed by atoms with E-state index in [1.807, 2.05) is 0 Å². The number of rotatable bonds is 8. The van der Waals surface area contributed by atoms with Gasteiger partial charge in [0.15, 0.2) is 0 Å². The predicted octanol–water partition coefficient (Wildman–Crippen LogP) is 2.22. The van der Waals surface area contributed by atoms with E-state index in [-0.39, 0.29) is 30.9 Å². The minimum atomic E-state index is -1.07. The van der Waals surface area contributed by atoms with E-state index in [1.165, 1.54) is 4.90 Å². The zero-order valence-electron chi connectivity index (χ0n) is 14.8. The topological polar surface area (TPSA) is 86.7 Å². The number of carbonyl (C=O) groups is 3. The molecule has 0 radical (unpaired) electrons. The number of likely N-dealkylation sites (tertiary alicyclic amines) is 1. The Bertz CT molecular complexity index is 751. The lowest BCUT2D eigenvalue weighted by molar-refractivity contribution is -0.142. The van der Waals surface area contributed by atoms with Crippen molar-refractivity contribution in [2.75, 3.05) is 0 Å². The highest BCUT2D eigenvalue weighted by Gasteiger charge is 2.35. The van der Waals surface area contributed by atoms with E-state index < -0.39 is 35.6 Å². The molecule has 8 heteroatoms. The van der Waals surface area contributed by atoms with Crippen LogP contribution in [0.25, 0.3) is 0 Å². The van der Waals surface area contributed by atoms with Crippen LogP contribution in [0.1, 0.15) is 44.1 Å². The summed E-state index contributed by atoms with van der Waals surface area (Å²) in [4.78, 5) is 37.1. The number of aliphatic carboxylic acids is 1. The molecule has 6 nitrogen and oxygen atoms in total. The molecule has 0 spiro atoms. The number of carboxylic acids is 1. The zero-order chi connectivity index (χ0) is 19.6. The highest BCUT2D eigenvalue weighted by atomic mass is 19.1. The molecule has 1 saturated carbocycles. The first-order chi connectivity index (χ1) is 12.8. The van der Waals surface area contributed by atoms with E-state index in [0.717, 1.165) is 31.0 Å². The SMILES string of the molecule is O=C(C[C@@H]1CCC(=O)N1Cc1cc(F)ccc1F)N[C@@H](CC1CC1)C(=O)O. The van der Waals surface area contributed by atoms with Crippen LogP contribution >= 0.6 is 0 Å². The number of carbonyl (C=O) groups excluding carboxylic acids is 2. The smallest absolute Gasteiger partial charge is 0.326 e. The fourth-order valence-electron chi connectivity index (χ4n) is 3.45. The maximum Gasteiger partial charge on any atom is 0.326 e. The molecule has 2 fully saturated rings. The van der Waals surface area contributed by atoms with Gasteiger partial charge in [-0.15, -0.1) is 0 Å². The number of nitrogens with one attached hydrogen (secondary N) is 1. The molecular weight excluding hydrogens is 358 g/mol. The molecule has 2 N–H and O–H groups in total. The lowest BCUT2D eigenvalue weighted by Gasteiger charge is -2.25. The molecule has 1 aromatic carbocycles. The number of hydrogen-bond acceptors (Lipinski definition) is 3. The molecule has 0 unspecified atom stereocenters. The van der Waals surface area contributed by atoms with Crippen LogP contribution in [0.4, 0.5) is 8.78 Å².